The minimum Gasteiger partial charge on any atom is -0.446 e. The first-order valence-electron chi connectivity index (χ1n) is 17.0. The van der Waals surface area contributed by atoms with Gasteiger partial charge in [-0.3, -0.25) is 29.4 Å². The smallest absolute Gasteiger partial charge is 0.411 e. The topological polar surface area (TPSA) is 164 Å². The Kier molecular flexibility index (Phi) is 9.33. The largest absolute Gasteiger partial charge is 0.446 e. The Hall–Kier alpha value is -4.26. The number of hydrogen-bond acceptors (Lipinski definition) is 8. The zero-order valence-electron chi connectivity index (χ0n) is 28.5. The Balaban J connectivity index is 1.21. The fourth-order valence-electron chi connectivity index (χ4n) is 6.89. The summed E-state index contributed by atoms with van der Waals surface area (Å²) in [6, 6.07) is 9.44. The molecule has 49 heavy (non-hydrogen) atoms. The second-order valence-corrected chi connectivity index (χ2v) is 16.6. The summed E-state index contributed by atoms with van der Waals surface area (Å²) < 4.78 is 33.0. The summed E-state index contributed by atoms with van der Waals surface area (Å²) in [6.45, 7) is 5.96. The number of benzene rings is 1. The monoisotopic (exact) mass is 691 g/mol. The van der Waals surface area contributed by atoms with E-state index < -0.39 is 56.2 Å². The zero-order valence-corrected chi connectivity index (χ0v) is 29.3. The van der Waals surface area contributed by atoms with Crippen LogP contribution in [0.4, 0.5) is 10.5 Å². The van der Waals surface area contributed by atoms with Crippen LogP contribution in [0.2, 0.25) is 0 Å². The fourth-order valence-corrected chi connectivity index (χ4v) is 8.21. The number of fused-ring (bicyclic) bond motifs is 2. The van der Waals surface area contributed by atoms with Gasteiger partial charge in [0.05, 0.1) is 28.0 Å². The first kappa shape index (κ1) is 34.6. The van der Waals surface area contributed by atoms with Crippen LogP contribution in [0.25, 0.3) is 11.3 Å². The number of nitrogens with one attached hydrogen (secondary N) is 3. The number of ether oxygens (including phenoxy) is 1. The molecule has 0 radical (unpaired) electrons. The second kappa shape index (κ2) is 13.2. The van der Waals surface area contributed by atoms with Crippen LogP contribution >= 0.6 is 0 Å². The number of anilines is 1. The first-order chi connectivity index (χ1) is 23.2. The first-order valence-corrected chi connectivity index (χ1v) is 18.5. The third-order valence-corrected chi connectivity index (χ3v) is 12.7. The molecule has 5 atom stereocenters. The van der Waals surface area contributed by atoms with Crippen molar-refractivity contribution in [1.29, 1.82) is 0 Å². The fraction of sp³-hybridized carbons (Fsp3) is 0.528. The van der Waals surface area contributed by atoms with Crippen molar-refractivity contribution >= 4 is 39.5 Å². The van der Waals surface area contributed by atoms with Crippen LogP contribution in [0, 0.1) is 31.6 Å². The average molecular weight is 692 g/mol. The predicted molar refractivity (Wildman–Crippen MR) is 184 cm³/mol. The Bertz CT molecular complexity index is 1790. The molecule has 5 unspecified atom stereocenters. The summed E-state index contributed by atoms with van der Waals surface area (Å²) in [7, 11) is -2.23. The maximum Gasteiger partial charge on any atom is 0.411 e. The van der Waals surface area contributed by atoms with Crippen molar-refractivity contribution in [3.63, 3.8) is 0 Å². The number of aryl methyl sites for hydroxylation is 2. The molecule has 4 aliphatic rings. The minimum absolute atomic E-state index is 0.0677. The zero-order chi connectivity index (χ0) is 35.1. The summed E-state index contributed by atoms with van der Waals surface area (Å²) in [5.74, 6) is -3.61. The molecule has 0 saturated heterocycles. The van der Waals surface area contributed by atoms with E-state index in [4.69, 9.17) is 4.74 Å². The van der Waals surface area contributed by atoms with Crippen molar-refractivity contribution in [2.75, 3.05) is 18.9 Å². The van der Waals surface area contributed by atoms with E-state index in [1.807, 2.05) is 56.3 Å². The molecule has 2 heterocycles. The molecule has 6 rings (SSSR count). The van der Waals surface area contributed by atoms with E-state index in [0.29, 0.717) is 36.3 Å². The molecule has 12 nitrogen and oxygen atoms in total. The summed E-state index contributed by atoms with van der Waals surface area (Å²) in [5.41, 5.74) is 2.39. The van der Waals surface area contributed by atoms with Gasteiger partial charge < -0.3 is 15.0 Å². The molecule has 13 heteroatoms. The Morgan fingerprint density at radius 1 is 1.04 bits per heavy atom. The molecule has 1 aliphatic heterocycles. The summed E-state index contributed by atoms with van der Waals surface area (Å²) >= 11 is 0. The molecule has 2 aromatic rings. The lowest BCUT2D eigenvalue weighted by Crippen LogP contribution is -2.55. The number of carbonyl (C=O) groups is 4. The third kappa shape index (κ3) is 7.22. The lowest BCUT2D eigenvalue weighted by Gasteiger charge is -2.27. The predicted octanol–water partition coefficient (Wildman–Crippen LogP) is 4.38. The van der Waals surface area contributed by atoms with Gasteiger partial charge in [0.15, 0.2) is 0 Å². The van der Waals surface area contributed by atoms with Gasteiger partial charge in [0.25, 0.3) is 5.91 Å². The van der Waals surface area contributed by atoms with Gasteiger partial charge in [-0.05, 0) is 95.4 Å². The summed E-state index contributed by atoms with van der Waals surface area (Å²) in [4.78, 5) is 60.8. The Labute approximate surface area is 287 Å². The van der Waals surface area contributed by atoms with Crippen LogP contribution < -0.4 is 15.4 Å². The number of hydrogen-bond donors (Lipinski definition) is 3. The molecule has 1 aromatic heterocycles. The highest BCUT2D eigenvalue weighted by Gasteiger charge is 2.63. The van der Waals surface area contributed by atoms with Crippen molar-refractivity contribution in [3.8, 4) is 11.3 Å². The molecule has 4 amide bonds. The molecule has 3 N–H and O–H groups in total. The van der Waals surface area contributed by atoms with Crippen LogP contribution in [-0.2, 0) is 29.1 Å². The number of sulfonamides is 1. The van der Waals surface area contributed by atoms with Crippen LogP contribution in [0.15, 0.2) is 48.7 Å². The lowest BCUT2D eigenvalue weighted by molar-refractivity contribution is -0.140. The van der Waals surface area contributed by atoms with E-state index >= 15 is 0 Å². The maximum absolute atomic E-state index is 14.0. The van der Waals surface area contributed by atoms with Crippen LogP contribution in [-0.4, -0.2) is 72.1 Å². The van der Waals surface area contributed by atoms with Gasteiger partial charge in [-0.1, -0.05) is 30.4 Å². The lowest BCUT2D eigenvalue weighted by atomic mass is 9.93. The van der Waals surface area contributed by atoms with Crippen LogP contribution in [0.1, 0.15) is 69.4 Å². The van der Waals surface area contributed by atoms with E-state index in [-0.39, 0.29) is 31.1 Å². The second-order valence-electron chi connectivity index (χ2n) is 14.4. The summed E-state index contributed by atoms with van der Waals surface area (Å²) in [6.07, 6.45) is 7.75. The highest BCUT2D eigenvalue weighted by molar-refractivity contribution is 7.91. The van der Waals surface area contributed by atoms with Gasteiger partial charge in [0.1, 0.15) is 11.6 Å². The summed E-state index contributed by atoms with van der Waals surface area (Å²) in [5, 5.41) is 5.71. The van der Waals surface area contributed by atoms with Crippen LogP contribution in [0.3, 0.4) is 0 Å². The SMILES string of the molecule is Cc1ccc(-c2ccc(C)cc2NC(=O)OC2CC3C(=O)NC4(C(=O)NS(=O)(=O)C5(C)CC5)CC4/C=C\CCCCN(C)C(=O)C3C2)nc1. The molecule has 0 bridgehead atoms. The van der Waals surface area contributed by atoms with Crippen molar-refractivity contribution < 1.29 is 32.3 Å². The van der Waals surface area contributed by atoms with E-state index in [0.717, 1.165) is 30.4 Å². The Morgan fingerprint density at radius 2 is 1.78 bits per heavy atom. The van der Waals surface area contributed by atoms with Gasteiger partial charge in [-0.25, -0.2) is 13.2 Å². The highest BCUT2D eigenvalue weighted by atomic mass is 32.2. The number of pyridine rings is 1. The standard InChI is InChI=1S/C36H45N5O7S/c1-22-10-12-26(29-13-11-23(2)21-37-29)30(17-22)38-34(45)48-25-18-27-28(19-25)32(43)41(4)16-8-6-5-7-9-24-20-36(24,39-31(27)42)33(44)40-49(46,47)35(3)14-15-35/h7,9-13,17,21,24-25,27-28H,5-6,8,14-16,18-20H2,1-4H3,(H,38,45)(H,39,42)(H,40,44)/b9-7-. The van der Waals surface area contributed by atoms with Gasteiger partial charge in [0, 0.05) is 31.3 Å². The number of carbonyl (C=O) groups excluding carboxylic acids is 4. The normalized spacial score (nSPS) is 28.6. The number of rotatable bonds is 6. The highest BCUT2D eigenvalue weighted by Crippen LogP contribution is 2.48. The number of amides is 4. The molecule has 3 aliphatic carbocycles. The molecule has 3 saturated carbocycles. The molecular formula is C36H45N5O7S. The molecule has 0 spiro atoms. The van der Waals surface area contributed by atoms with Crippen LogP contribution in [0.5, 0.6) is 0 Å². The molecular weight excluding hydrogens is 646 g/mol. The van der Waals surface area contributed by atoms with Gasteiger partial charge >= 0.3 is 6.09 Å². The number of allylic oxidation sites excluding steroid dienone is 1. The van der Waals surface area contributed by atoms with Crippen molar-refractivity contribution in [1.82, 2.24) is 19.9 Å². The van der Waals surface area contributed by atoms with Crippen molar-refractivity contribution in [2.45, 2.75) is 88.5 Å². The minimum atomic E-state index is -3.94. The van der Waals surface area contributed by atoms with Gasteiger partial charge in [-0.15, -0.1) is 0 Å². The number of aromatic nitrogens is 1. The van der Waals surface area contributed by atoms with Crippen molar-refractivity contribution in [2.24, 2.45) is 17.8 Å². The third-order valence-electron chi connectivity index (χ3n) is 10.5. The Morgan fingerprint density at radius 3 is 2.49 bits per heavy atom. The van der Waals surface area contributed by atoms with E-state index in [1.165, 1.54) is 0 Å². The van der Waals surface area contributed by atoms with Gasteiger partial charge in [-0.2, -0.15) is 0 Å². The van der Waals surface area contributed by atoms with Crippen molar-refractivity contribution in [3.05, 3.63) is 59.8 Å². The molecule has 1 aromatic carbocycles. The molecule has 3 fully saturated rings. The number of nitrogens with zero attached hydrogens (tertiary/aromatic N) is 2. The quantitative estimate of drug-likeness (QED) is 0.376. The van der Waals surface area contributed by atoms with Gasteiger partial charge in [0.2, 0.25) is 21.8 Å². The average Bonchev–Trinajstić information content (AvgIpc) is 3.93. The van der Waals surface area contributed by atoms with E-state index in [1.54, 1.807) is 25.1 Å². The van der Waals surface area contributed by atoms with E-state index in [9.17, 15) is 27.6 Å². The maximum atomic E-state index is 14.0. The molecule has 262 valence electrons. The van der Waals surface area contributed by atoms with E-state index in [2.05, 4.69) is 20.3 Å².